The first kappa shape index (κ1) is 13.5. The number of rotatable bonds is 2. The Bertz CT molecular complexity index is 459. The lowest BCUT2D eigenvalue weighted by atomic mass is 9.97. The van der Waals surface area contributed by atoms with Crippen LogP contribution in [-0.4, -0.2) is 19.0 Å². The fourth-order valence-corrected chi connectivity index (χ4v) is 2.44. The molecule has 1 aromatic rings. The summed E-state index contributed by atoms with van der Waals surface area (Å²) in [5, 5.41) is 6.11. The average molecular weight is 315 g/mol. The fourth-order valence-electron chi connectivity index (χ4n) is 2.10. The number of carbonyl (C=O) groups is 1. The summed E-state index contributed by atoms with van der Waals surface area (Å²) in [7, 11) is 0. The lowest BCUT2D eigenvalue weighted by molar-refractivity contribution is -0.120. The summed E-state index contributed by atoms with van der Waals surface area (Å²) in [4.78, 5) is 12.1. The third-order valence-electron chi connectivity index (χ3n) is 3.24. The molecule has 1 saturated heterocycles. The average Bonchev–Trinajstić information content (AvgIpc) is 2.37. The van der Waals surface area contributed by atoms with Gasteiger partial charge in [0.1, 0.15) is 5.82 Å². The molecule has 0 aromatic heterocycles. The molecule has 1 heterocycles. The molecular weight excluding hydrogens is 299 g/mol. The number of anilines is 1. The van der Waals surface area contributed by atoms with E-state index in [1.807, 2.05) is 0 Å². The van der Waals surface area contributed by atoms with Crippen molar-refractivity contribution in [3.8, 4) is 0 Å². The van der Waals surface area contributed by atoms with E-state index in [0.29, 0.717) is 10.2 Å². The molecule has 1 aliphatic heterocycles. The number of nitrogens with one attached hydrogen (secondary N) is 2. The second-order valence-electron chi connectivity index (χ2n) is 4.59. The summed E-state index contributed by atoms with van der Waals surface area (Å²) >= 11 is 3.13. The Morgan fingerprint density at radius 3 is 2.78 bits per heavy atom. The van der Waals surface area contributed by atoms with Gasteiger partial charge in [-0.15, -0.1) is 0 Å². The number of amides is 1. The summed E-state index contributed by atoms with van der Waals surface area (Å²) in [5.41, 5.74) is 1.41. The van der Waals surface area contributed by atoms with Gasteiger partial charge in [0.2, 0.25) is 5.91 Å². The summed E-state index contributed by atoms with van der Waals surface area (Å²) in [6, 6.07) is 3.03. The van der Waals surface area contributed by atoms with Gasteiger partial charge < -0.3 is 10.6 Å². The van der Waals surface area contributed by atoms with Gasteiger partial charge in [0.15, 0.2) is 0 Å². The van der Waals surface area contributed by atoms with E-state index in [-0.39, 0.29) is 17.6 Å². The minimum Gasteiger partial charge on any atom is -0.326 e. The van der Waals surface area contributed by atoms with E-state index in [2.05, 4.69) is 26.6 Å². The smallest absolute Gasteiger partial charge is 0.227 e. The van der Waals surface area contributed by atoms with Crippen LogP contribution in [0.3, 0.4) is 0 Å². The number of benzene rings is 1. The number of carbonyl (C=O) groups excluding carboxylic acids is 1. The first-order chi connectivity index (χ1) is 8.58. The van der Waals surface area contributed by atoms with Crippen LogP contribution in [0.5, 0.6) is 0 Å². The van der Waals surface area contributed by atoms with E-state index in [1.165, 1.54) is 6.07 Å². The second-order valence-corrected chi connectivity index (χ2v) is 5.45. The highest BCUT2D eigenvalue weighted by Gasteiger charge is 2.21. The van der Waals surface area contributed by atoms with Crippen molar-refractivity contribution in [2.45, 2.75) is 19.8 Å². The molecule has 1 fully saturated rings. The Morgan fingerprint density at radius 2 is 2.11 bits per heavy atom. The van der Waals surface area contributed by atoms with Gasteiger partial charge in [0, 0.05) is 11.6 Å². The molecule has 1 amide bonds. The Hall–Kier alpha value is -0.940. The van der Waals surface area contributed by atoms with Gasteiger partial charge in [-0.3, -0.25) is 4.79 Å². The molecule has 0 atom stereocenters. The van der Waals surface area contributed by atoms with Gasteiger partial charge in [0.05, 0.1) is 4.47 Å². The van der Waals surface area contributed by atoms with Crippen molar-refractivity contribution in [2.75, 3.05) is 18.4 Å². The largest absolute Gasteiger partial charge is 0.326 e. The van der Waals surface area contributed by atoms with Crippen LogP contribution in [-0.2, 0) is 4.79 Å². The van der Waals surface area contributed by atoms with E-state index >= 15 is 0 Å². The van der Waals surface area contributed by atoms with Crippen molar-refractivity contribution < 1.29 is 9.18 Å². The number of piperidine rings is 1. The summed E-state index contributed by atoms with van der Waals surface area (Å²) in [6.07, 6.45) is 1.71. The lowest BCUT2D eigenvalue weighted by Crippen LogP contribution is -2.34. The zero-order chi connectivity index (χ0) is 13.1. The minimum atomic E-state index is -0.313. The number of hydrogen-bond acceptors (Lipinski definition) is 2. The summed E-state index contributed by atoms with van der Waals surface area (Å²) < 4.78 is 13.7. The van der Waals surface area contributed by atoms with Gasteiger partial charge in [-0.25, -0.2) is 4.39 Å². The van der Waals surface area contributed by atoms with Crippen LogP contribution >= 0.6 is 15.9 Å². The van der Waals surface area contributed by atoms with Crippen LogP contribution in [0.2, 0.25) is 0 Å². The molecule has 0 saturated carbocycles. The second kappa shape index (κ2) is 5.80. The SMILES string of the molecule is Cc1cc(F)c(Br)cc1NC(=O)C1CCNCC1. The highest BCUT2D eigenvalue weighted by Crippen LogP contribution is 2.25. The molecule has 0 unspecified atom stereocenters. The lowest BCUT2D eigenvalue weighted by Gasteiger charge is -2.22. The highest BCUT2D eigenvalue weighted by molar-refractivity contribution is 9.10. The molecule has 2 rings (SSSR count). The zero-order valence-electron chi connectivity index (χ0n) is 10.2. The summed E-state index contributed by atoms with van der Waals surface area (Å²) in [5.74, 6) is -0.236. The predicted molar refractivity (Wildman–Crippen MR) is 73.1 cm³/mol. The molecule has 3 nitrogen and oxygen atoms in total. The number of halogens is 2. The first-order valence-electron chi connectivity index (χ1n) is 6.05. The van der Waals surface area contributed by atoms with E-state index in [4.69, 9.17) is 0 Å². The minimum absolute atomic E-state index is 0.0260. The van der Waals surface area contributed by atoms with Crippen LogP contribution in [0.1, 0.15) is 18.4 Å². The molecule has 5 heteroatoms. The van der Waals surface area contributed by atoms with Crippen molar-refractivity contribution in [3.63, 3.8) is 0 Å². The standard InChI is InChI=1S/C13H16BrFN2O/c1-8-6-11(15)10(14)7-12(8)17-13(18)9-2-4-16-5-3-9/h6-7,9,16H,2-5H2,1H3,(H,17,18). The van der Waals surface area contributed by atoms with E-state index < -0.39 is 0 Å². The molecule has 0 radical (unpaired) electrons. The van der Waals surface area contributed by atoms with Crippen LogP contribution in [0, 0.1) is 18.7 Å². The van der Waals surface area contributed by atoms with Crippen LogP contribution in [0.4, 0.5) is 10.1 Å². The van der Waals surface area contributed by atoms with Crippen LogP contribution in [0.25, 0.3) is 0 Å². The maximum absolute atomic E-state index is 13.3. The third-order valence-corrected chi connectivity index (χ3v) is 3.84. The Kier molecular flexibility index (Phi) is 4.35. The molecular formula is C13H16BrFN2O. The van der Waals surface area contributed by atoms with Gasteiger partial charge in [-0.1, -0.05) is 0 Å². The molecule has 1 aliphatic rings. The van der Waals surface area contributed by atoms with Gasteiger partial charge in [-0.2, -0.15) is 0 Å². The first-order valence-corrected chi connectivity index (χ1v) is 6.84. The molecule has 98 valence electrons. The van der Waals surface area contributed by atoms with Gasteiger partial charge in [-0.05, 0) is 66.5 Å². The van der Waals surface area contributed by atoms with E-state index in [1.54, 1.807) is 13.0 Å². The topological polar surface area (TPSA) is 41.1 Å². The molecule has 1 aromatic carbocycles. The predicted octanol–water partition coefficient (Wildman–Crippen LogP) is 2.83. The maximum Gasteiger partial charge on any atom is 0.227 e. The quantitative estimate of drug-likeness (QED) is 0.881. The highest BCUT2D eigenvalue weighted by atomic mass is 79.9. The number of hydrogen-bond donors (Lipinski definition) is 2. The molecule has 0 bridgehead atoms. The van der Waals surface area contributed by atoms with Gasteiger partial charge in [0.25, 0.3) is 0 Å². The van der Waals surface area contributed by atoms with Crippen molar-refractivity contribution in [3.05, 3.63) is 28.0 Å². The van der Waals surface area contributed by atoms with Crippen LogP contribution in [0.15, 0.2) is 16.6 Å². The Balaban J connectivity index is 2.08. The van der Waals surface area contributed by atoms with E-state index in [0.717, 1.165) is 31.5 Å². The van der Waals surface area contributed by atoms with E-state index in [9.17, 15) is 9.18 Å². The monoisotopic (exact) mass is 314 g/mol. The molecule has 18 heavy (non-hydrogen) atoms. The van der Waals surface area contributed by atoms with Crippen molar-refractivity contribution in [1.82, 2.24) is 5.32 Å². The maximum atomic E-state index is 13.3. The fraction of sp³-hybridized carbons (Fsp3) is 0.462. The van der Waals surface area contributed by atoms with Crippen molar-refractivity contribution in [2.24, 2.45) is 5.92 Å². The number of aryl methyl sites for hydroxylation is 1. The normalized spacial score (nSPS) is 16.6. The molecule has 0 spiro atoms. The Labute approximate surface area is 114 Å². The van der Waals surface area contributed by atoms with Crippen molar-refractivity contribution in [1.29, 1.82) is 0 Å². The Morgan fingerprint density at radius 1 is 1.44 bits per heavy atom. The van der Waals surface area contributed by atoms with Crippen molar-refractivity contribution >= 4 is 27.5 Å². The zero-order valence-corrected chi connectivity index (χ0v) is 11.8. The third kappa shape index (κ3) is 3.09. The molecule has 2 N–H and O–H groups in total. The summed E-state index contributed by atoms with van der Waals surface area (Å²) in [6.45, 7) is 3.54. The molecule has 0 aliphatic carbocycles. The van der Waals surface area contributed by atoms with Crippen LogP contribution < -0.4 is 10.6 Å². The van der Waals surface area contributed by atoms with Gasteiger partial charge >= 0.3 is 0 Å².